The van der Waals surface area contributed by atoms with Crippen LogP contribution in [0.4, 0.5) is 0 Å². The van der Waals surface area contributed by atoms with Gasteiger partial charge in [-0.15, -0.1) is 9.42 Å². The van der Waals surface area contributed by atoms with Crippen LogP contribution < -0.4 is 11.2 Å². The number of aryl methyl sites for hydroxylation is 2. The van der Waals surface area contributed by atoms with Crippen LogP contribution in [-0.4, -0.2) is 30.2 Å². The zero-order valence-electron chi connectivity index (χ0n) is 14.7. The topological polar surface area (TPSA) is 108 Å². The number of aromatic nitrogens is 4. The van der Waals surface area contributed by atoms with Crippen molar-refractivity contribution in [3.8, 4) is 0 Å². The van der Waals surface area contributed by atoms with E-state index in [1.165, 1.54) is 9.13 Å². The van der Waals surface area contributed by atoms with Crippen molar-refractivity contribution in [3.05, 3.63) is 27.2 Å². The number of hydrogen-bond acceptors (Lipinski definition) is 5. The van der Waals surface area contributed by atoms with E-state index < -0.39 is 8.25 Å². The van der Waals surface area contributed by atoms with E-state index in [9.17, 15) is 14.2 Å². The van der Waals surface area contributed by atoms with Gasteiger partial charge in [0, 0.05) is 24.7 Å². The molecular weight excluding hydrogens is 347 g/mol. The minimum atomic E-state index is -2.58. The van der Waals surface area contributed by atoms with Gasteiger partial charge in [-0.1, -0.05) is 13.8 Å². The highest BCUT2D eigenvalue weighted by molar-refractivity contribution is 7.32. The van der Waals surface area contributed by atoms with E-state index in [2.05, 4.69) is 9.51 Å². The van der Waals surface area contributed by atoms with E-state index in [1.807, 2.05) is 13.8 Å². The van der Waals surface area contributed by atoms with Gasteiger partial charge in [-0.3, -0.25) is 13.9 Å². The van der Waals surface area contributed by atoms with Gasteiger partial charge in [0.2, 0.25) is 0 Å². The van der Waals surface area contributed by atoms with Gasteiger partial charge in [0.05, 0.1) is 6.33 Å². The number of nitrogens with zero attached hydrogens (tertiary/aromatic N) is 4. The Morgan fingerprint density at radius 2 is 2.00 bits per heavy atom. The number of unbranched alkanes of at least 4 members (excludes halogenated alkanes) is 1. The van der Waals surface area contributed by atoms with Crippen LogP contribution in [0.1, 0.15) is 33.1 Å². The first-order valence-electron chi connectivity index (χ1n) is 8.26. The zero-order valence-corrected chi connectivity index (χ0v) is 15.6. The van der Waals surface area contributed by atoms with Crippen LogP contribution in [0, 0.1) is 5.92 Å². The lowest BCUT2D eigenvalue weighted by Gasteiger charge is -2.10. The first-order chi connectivity index (χ1) is 11.8. The summed E-state index contributed by atoms with van der Waals surface area (Å²) in [6.07, 6.45) is 3.52. The fraction of sp³-hybridized carbons (Fsp3) is 0.667. The van der Waals surface area contributed by atoms with E-state index >= 15 is 0 Å². The highest BCUT2D eigenvalue weighted by atomic mass is 31.1. The smallest absolute Gasteiger partial charge is 0.325 e. The predicted octanol–water partition coefficient (Wildman–Crippen LogP) is 1.39. The Kier molecular flexibility index (Phi) is 6.64. The van der Waals surface area contributed by atoms with Gasteiger partial charge in [-0.25, -0.2) is 9.78 Å². The third-order valence-electron chi connectivity index (χ3n) is 4.03. The lowest BCUT2D eigenvalue weighted by Crippen LogP contribution is -2.40. The van der Waals surface area contributed by atoms with Crippen molar-refractivity contribution >= 4 is 19.4 Å². The van der Waals surface area contributed by atoms with Crippen molar-refractivity contribution in [1.82, 2.24) is 18.7 Å². The largest absolute Gasteiger partial charge is 0.694 e. The summed E-state index contributed by atoms with van der Waals surface area (Å²) in [5.41, 5.74) is 0.0833. The zero-order chi connectivity index (χ0) is 18.6. The maximum Gasteiger partial charge on any atom is 0.694 e. The van der Waals surface area contributed by atoms with Crippen molar-refractivity contribution < 1.29 is 14.0 Å². The molecule has 0 saturated carbocycles. The van der Waals surface area contributed by atoms with Crippen LogP contribution in [0.2, 0.25) is 0 Å². The molecule has 25 heavy (non-hydrogen) atoms. The number of rotatable bonds is 9. The fourth-order valence-corrected chi connectivity index (χ4v) is 2.89. The second kappa shape index (κ2) is 8.51. The van der Waals surface area contributed by atoms with Gasteiger partial charge in [0.15, 0.2) is 11.2 Å². The summed E-state index contributed by atoms with van der Waals surface area (Å²) < 4.78 is 19.5. The standard InChI is InChI=1S/C15H23N4O5P/c1-11(2)6-8-19-14(20)12-13(17(3)15(19)21)16-10-18(12)7-4-5-9-24-25(22)23/h10-11H,4-9H2,1-3H3/p+1. The van der Waals surface area contributed by atoms with Crippen LogP contribution in [0.5, 0.6) is 0 Å². The Morgan fingerprint density at radius 1 is 1.28 bits per heavy atom. The molecule has 2 heterocycles. The minimum Gasteiger partial charge on any atom is -0.325 e. The molecule has 138 valence electrons. The second-order valence-corrected chi connectivity index (χ2v) is 7.10. The molecule has 10 heteroatoms. The summed E-state index contributed by atoms with van der Waals surface area (Å²) in [6, 6.07) is 0. The number of fused-ring (bicyclic) bond motifs is 1. The average molecular weight is 371 g/mol. The van der Waals surface area contributed by atoms with E-state index in [1.54, 1.807) is 17.9 Å². The predicted molar refractivity (Wildman–Crippen MR) is 93.7 cm³/mol. The summed E-state index contributed by atoms with van der Waals surface area (Å²) in [4.78, 5) is 37.9. The molecule has 1 atom stereocenters. The Hall–Kier alpha value is -1.83. The molecule has 0 bridgehead atoms. The quantitative estimate of drug-likeness (QED) is 0.527. The first-order valence-corrected chi connectivity index (χ1v) is 9.39. The maximum absolute atomic E-state index is 12.8. The van der Waals surface area contributed by atoms with Crippen LogP contribution in [-0.2, 0) is 29.2 Å². The normalized spacial score (nSPS) is 12.3. The molecule has 0 aliphatic carbocycles. The van der Waals surface area contributed by atoms with E-state index in [0.717, 1.165) is 6.42 Å². The van der Waals surface area contributed by atoms with Gasteiger partial charge >= 0.3 is 13.9 Å². The van der Waals surface area contributed by atoms with Crippen molar-refractivity contribution in [1.29, 1.82) is 0 Å². The molecule has 0 fully saturated rings. The van der Waals surface area contributed by atoms with Crippen molar-refractivity contribution in [2.24, 2.45) is 13.0 Å². The SMILES string of the molecule is CC(C)CCn1c(=O)c2c(ncn2CCCCO[P+](=O)O)n(C)c1=O. The molecule has 9 nitrogen and oxygen atoms in total. The molecular formula is C15H24N4O5P+. The lowest BCUT2D eigenvalue weighted by molar-refractivity contribution is 0.273. The van der Waals surface area contributed by atoms with Gasteiger partial charge in [-0.2, -0.15) is 0 Å². The van der Waals surface area contributed by atoms with E-state index in [4.69, 9.17) is 4.89 Å². The maximum atomic E-state index is 12.8. The summed E-state index contributed by atoms with van der Waals surface area (Å²) in [5.74, 6) is 0.384. The average Bonchev–Trinajstić information content (AvgIpc) is 2.96. The van der Waals surface area contributed by atoms with E-state index in [0.29, 0.717) is 43.0 Å². The van der Waals surface area contributed by atoms with Gasteiger partial charge in [0.25, 0.3) is 5.56 Å². The summed E-state index contributed by atoms with van der Waals surface area (Å²) in [7, 11) is -0.968. The minimum absolute atomic E-state index is 0.176. The van der Waals surface area contributed by atoms with Crippen molar-refractivity contribution in [2.75, 3.05) is 6.61 Å². The highest BCUT2D eigenvalue weighted by Gasteiger charge is 2.16. The summed E-state index contributed by atoms with van der Waals surface area (Å²) in [5, 5.41) is 0. The molecule has 1 unspecified atom stereocenters. The molecule has 2 aromatic rings. The van der Waals surface area contributed by atoms with Gasteiger partial charge < -0.3 is 4.57 Å². The highest BCUT2D eigenvalue weighted by Crippen LogP contribution is 2.15. The third kappa shape index (κ3) is 4.62. The third-order valence-corrected chi connectivity index (χ3v) is 4.43. The van der Waals surface area contributed by atoms with Crippen molar-refractivity contribution in [3.63, 3.8) is 0 Å². The lowest BCUT2D eigenvalue weighted by atomic mass is 10.1. The molecule has 0 saturated heterocycles. The molecule has 0 radical (unpaired) electrons. The molecule has 1 N–H and O–H groups in total. The molecule has 2 aromatic heterocycles. The van der Waals surface area contributed by atoms with Crippen LogP contribution in [0.3, 0.4) is 0 Å². The number of hydrogen-bond donors (Lipinski definition) is 1. The second-order valence-electron chi connectivity index (χ2n) is 6.37. The van der Waals surface area contributed by atoms with Crippen molar-refractivity contribution in [2.45, 2.75) is 46.2 Å². The molecule has 2 rings (SSSR count). The van der Waals surface area contributed by atoms with Gasteiger partial charge in [0.1, 0.15) is 6.61 Å². The number of imidazole rings is 1. The Labute approximate surface area is 145 Å². The van der Waals surface area contributed by atoms with Crippen LogP contribution >= 0.6 is 8.25 Å². The Bertz CT molecular complexity index is 867. The monoisotopic (exact) mass is 371 g/mol. The Balaban J connectivity index is 2.26. The Morgan fingerprint density at radius 3 is 2.64 bits per heavy atom. The molecule has 0 aromatic carbocycles. The fourth-order valence-electron chi connectivity index (χ4n) is 2.60. The van der Waals surface area contributed by atoms with Crippen LogP contribution in [0.25, 0.3) is 11.2 Å². The molecule has 0 aliphatic rings. The molecule has 0 spiro atoms. The van der Waals surface area contributed by atoms with E-state index in [-0.39, 0.29) is 17.9 Å². The molecule has 0 amide bonds. The van der Waals surface area contributed by atoms with Crippen LogP contribution in [0.15, 0.2) is 15.9 Å². The van der Waals surface area contributed by atoms with Gasteiger partial charge in [-0.05, 0) is 25.2 Å². The summed E-state index contributed by atoms with van der Waals surface area (Å²) >= 11 is 0. The molecule has 0 aliphatic heterocycles. The first kappa shape index (κ1) is 19.5. The summed E-state index contributed by atoms with van der Waals surface area (Å²) in [6.45, 7) is 5.15.